The van der Waals surface area contributed by atoms with Crippen LogP contribution in [0, 0.1) is 0 Å². The molecule has 0 aliphatic carbocycles. The van der Waals surface area contributed by atoms with Crippen LogP contribution in [0.25, 0.3) is 0 Å². The number of nitrogens with zero attached hydrogens (tertiary/aromatic N) is 1. The second kappa shape index (κ2) is 5.29. The molecule has 0 fully saturated rings. The lowest BCUT2D eigenvalue weighted by atomic mass is 9.97. The van der Waals surface area contributed by atoms with Gasteiger partial charge in [-0.15, -0.1) is 11.3 Å². The summed E-state index contributed by atoms with van der Waals surface area (Å²) in [5, 5.41) is 3.16. The molecule has 2 aromatic rings. The molecule has 0 spiro atoms. The van der Waals surface area contributed by atoms with Gasteiger partial charge < -0.3 is 11.5 Å². The van der Waals surface area contributed by atoms with Crippen LogP contribution >= 0.6 is 11.3 Å². The Kier molecular flexibility index (Phi) is 3.76. The van der Waals surface area contributed by atoms with Crippen molar-refractivity contribution in [2.75, 3.05) is 5.73 Å². The van der Waals surface area contributed by atoms with Crippen LogP contribution in [0.4, 0.5) is 5.69 Å². The fourth-order valence-corrected chi connectivity index (χ4v) is 2.95. The van der Waals surface area contributed by atoms with E-state index < -0.39 is 0 Å². The van der Waals surface area contributed by atoms with Gasteiger partial charge >= 0.3 is 0 Å². The minimum atomic E-state index is 0.323. The Hall–Kier alpha value is -1.39. The lowest BCUT2D eigenvalue weighted by Crippen LogP contribution is -2.02. The van der Waals surface area contributed by atoms with Gasteiger partial charge in [0, 0.05) is 23.5 Å². The van der Waals surface area contributed by atoms with Gasteiger partial charge in [-0.3, -0.25) is 0 Å². The monoisotopic (exact) mass is 247 g/mol. The van der Waals surface area contributed by atoms with E-state index in [0.29, 0.717) is 12.5 Å². The highest BCUT2D eigenvalue weighted by Gasteiger charge is 2.15. The van der Waals surface area contributed by atoms with Crippen molar-refractivity contribution in [2.45, 2.75) is 25.8 Å². The van der Waals surface area contributed by atoms with E-state index in [1.165, 1.54) is 5.56 Å². The topological polar surface area (TPSA) is 64.9 Å². The van der Waals surface area contributed by atoms with Gasteiger partial charge in [-0.2, -0.15) is 0 Å². The van der Waals surface area contributed by atoms with Crippen molar-refractivity contribution in [3.05, 3.63) is 45.9 Å². The molecule has 1 aromatic carbocycles. The van der Waals surface area contributed by atoms with E-state index in [9.17, 15) is 0 Å². The van der Waals surface area contributed by atoms with Crippen molar-refractivity contribution in [3.63, 3.8) is 0 Å². The van der Waals surface area contributed by atoms with Crippen molar-refractivity contribution in [1.29, 1.82) is 0 Å². The zero-order chi connectivity index (χ0) is 12.3. The molecule has 0 saturated heterocycles. The van der Waals surface area contributed by atoms with Gasteiger partial charge in [0.2, 0.25) is 0 Å². The second-order valence-corrected chi connectivity index (χ2v) is 4.90. The number of hydrogen-bond donors (Lipinski definition) is 2. The van der Waals surface area contributed by atoms with Crippen molar-refractivity contribution in [3.8, 4) is 0 Å². The van der Waals surface area contributed by atoms with Crippen LogP contribution in [-0.4, -0.2) is 4.98 Å². The lowest BCUT2D eigenvalue weighted by molar-refractivity contribution is 0.763. The largest absolute Gasteiger partial charge is 0.399 e. The summed E-state index contributed by atoms with van der Waals surface area (Å²) < 4.78 is 0. The number of nitrogens with two attached hydrogens (primary N) is 2. The van der Waals surface area contributed by atoms with Gasteiger partial charge in [-0.25, -0.2) is 4.98 Å². The molecule has 0 radical (unpaired) electrons. The molecule has 4 N–H and O–H groups in total. The number of anilines is 1. The van der Waals surface area contributed by atoms with Gasteiger partial charge in [0.25, 0.3) is 0 Å². The summed E-state index contributed by atoms with van der Waals surface area (Å²) in [5.41, 5.74) is 14.4. The Morgan fingerprint density at radius 2 is 2.24 bits per heavy atom. The number of hydrogen-bond acceptors (Lipinski definition) is 4. The molecule has 0 aliphatic rings. The normalized spacial score (nSPS) is 12.6. The average molecular weight is 247 g/mol. The molecule has 0 saturated carbocycles. The molecule has 3 nitrogen and oxygen atoms in total. The molecule has 0 aliphatic heterocycles. The second-order valence-electron chi connectivity index (χ2n) is 4.01. The highest BCUT2D eigenvalue weighted by atomic mass is 32.1. The summed E-state index contributed by atoms with van der Waals surface area (Å²) in [7, 11) is 0. The summed E-state index contributed by atoms with van der Waals surface area (Å²) in [4.78, 5) is 4.56. The standard InChI is InChI=1S/C13H17N3S/c1-2-12(9-4-3-5-10(15)6-9)13-16-11(7-14)8-17-13/h3-6,8,12H,2,7,14-15H2,1H3. The van der Waals surface area contributed by atoms with Gasteiger partial charge in [0.1, 0.15) is 5.01 Å². The molecular formula is C13H17N3S. The van der Waals surface area contributed by atoms with E-state index in [0.717, 1.165) is 22.8 Å². The van der Waals surface area contributed by atoms with Crippen LogP contribution in [0.1, 0.15) is 35.5 Å². The molecule has 17 heavy (non-hydrogen) atoms. The first-order valence-corrected chi connectivity index (χ1v) is 6.62. The summed E-state index contributed by atoms with van der Waals surface area (Å²) in [6.45, 7) is 2.67. The number of nitrogen functional groups attached to an aromatic ring is 1. The predicted molar refractivity (Wildman–Crippen MR) is 73.0 cm³/mol. The average Bonchev–Trinajstić information content (AvgIpc) is 2.79. The van der Waals surface area contributed by atoms with Gasteiger partial charge in [0.05, 0.1) is 5.69 Å². The fourth-order valence-electron chi connectivity index (χ4n) is 1.91. The smallest absolute Gasteiger partial charge is 0.100 e. The molecule has 1 aromatic heterocycles. The molecule has 1 atom stereocenters. The summed E-state index contributed by atoms with van der Waals surface area (Å²) >= 11 is 1.68. The van der Waals surface area contributed by atoms with Crippen molar-refractivity contribution in [2.24, 2.45) is 5.73 Å². The van der Waals surface area contributed by atoms with Crippen molar-refractivity contribution in [1.82, 2.24) is 4.98 Å². The Balaban J connectivity index is 2.33. The SMILES string of the molecule is CCC(c1cccc(N)c1)c1nc(CN)cs1. The summed E-state index contributed by atoms with van der Waals surface area (Å²) in [5.74, 6) is 0.323. The van der Waals surface area contributed by atoms with E-state index in [1.54, 1.807) is 11.3 Å². The quantitative estimate of drug-likeness (QED) is 0.816. The molecule has 1 heterocycles. The third-order valence-corrected chi connectivity index (χ3v) is 3.81. The number of rotatable bonds is 4. The highest BCUT2D eigenvalue weighted by Crippen LogP contribution is 2.30. The van der Waals surface area contributed by atoms with Crippen molar-refractivity contribution >= 4 is 17.0 Å². The molecule has 0 amide bonds. The van der Waals surface area contributed by atoms with Crippen LogP contribution in [0.2, 0.25) is 0 Å². The summed E-state index contributed by atoms with van der Waals surface area (Å²) in [6.07, 6.45) is 1.01. The third kappa shape index (κ3) is 2.65. The van der Waals surface area contributed by atoms with Crippen LogP contribution in [0.5, 0.6) is 0 Å². The first-order valence-electron chi connectivity index (χ1n) is 5.74. The van der Waals surface area contributed by atoms with Gasteiger partial charge in [0.15, 0.2) is 0 Å². The van der Waals surface area contributed by atoms with E-state index in [-0.39, 0.29) is 0 Å². The maximum Gasteiger partial charge on any atom is 0.100 e. The maximum atomic E-state index is 5.82. The van der Waals surface area contributed by atoms with E-state index >= 15 is 0 Å². The molecule has 90 valence electrons. The minimum Gasteiger partial charge on any atom is -0.399 e. The first-order chi connectivity index (χ1) is 8.24. The highest BCUT2D eigenvalue weighted by molar-refractivity contribution is 7.09. The Labute approximate surface area is 105 Å². The minimum absolute atomic E-state index is 0.323. The fraction of sp³-hybridized carbons (Fsp3) is 0.308. The maximum absolute atomic E-state index is 5.82. The lowest BCUT2D eigenvalue weighted by Gasteiger charge is -2.12. The third-order valence-electron chi connectivity index (χ3n) is 2.80. The molecule has 0 bridgehead atoms. The Morgan fingerprint density at radius 3 is 2.82 bits per heavy atom. The number of benzene rings is 1. The van der Waals surface area contributed by atoms with E-state index in [2.05, 4.69) is 18.0 Å². The molecule has 4 heteroatoms. The van der Waals surface area contributed by atoms with Gasteiger partial charge in [-0.1, -0.05) is 19.1 Å². The van der Waals surface area contributed by atoms with Crippen LogP contribution in [0.3, 0.4) is 0 Å². The zero-order valence-corrected chi connectivity index (χ0v) is 10.7. The van der Waals surface area contributed by atoms with Crippen molar-refractivity contribution < 1.29 is 0 Å². The van der Waals surface area contributed by atoms with E-state index in [1.807, 2.05) is 23.6 Å². The number of aromatic nitrogens is 1. The van der Waals surface area contributed by atoms with E-state index in [4.69, 9.17) is 11.5 Å². The molecular weight excluding hydrogens is 230 g/mol. The Bertz CT molecular complexity index is 493. The first kappa shape index (κ1) is 12.1. The Morgan fingerprint density at radius 1 is 1.41 bits per heavy atom. The number of thiazole rings is 1. The van der Waals surface area contributed by atoms with Gasteiger partial charge in [-0.05, 0) is 24.1 Å². The van der Waals surface area contributed by atoms with Crippen LogP contribution < -0.4 is 11.5 Å². The molecule has 2 rings (SSSR count). The molecule has 1 unspecified atom stereocenters. The van der Waals surface area contributed by atoms with Crippen LogP contribution in [-0.2, 0) is 6.54 Å². The zero-order valence-electron chi connectivity index (χ0n) is 9.89. The predicted octanol–water partition coefficient (Wildman–Crippen LogP) is 2.73. The summed E-state index contributed by atoms with van der Waals surface area (Å²) in [6, 6.07) is 8.03. The van der Waals surface area contributed by atoms with Crippen LogP contribution in [0.15, 0.2) is 29.6 Å².